The van der Waals surface area contributed by atoms with Crippen molar-refractivity contribution in [3.8, 4) is 0 Å². The molecule has 0 saturated carbocycles. The van der Waals surface area contributed by atoms with Crippen LogP contribution < -0.4 is 0 Å². The van der Waals surface area contributed by atoms with E-state index in [9.17, 15) is 4.79 Å². The van der Waals surface area contributed by atoms with Gasteiger partial charge in [0.1, 0.15) is 0 Å². The molecule has 0 bridgehead atoms. The number of allylic oxidation sites excluding steroid dienone is 2. The summed E-state index contributed by atoms with van der Waals surface area (Å²) in [5.41, 5.74) is 1.37. The number of hydrogen-bond acceptors (Lipinski definition) is 1. The van der Waals surface area contributed by atoms with Crippen molar-refractivity contribution in [3.63, 3.8) is 0 Å². The van der Waals surface area contributed by atoms with E-state index in [1.54, 1.807) is 6.92 Å². The van der Waals surface area contributed by atoms with E-state index in [0.717, 1.165) is 16.3 Å². The van der Waals surface area contributed by atoms with Crippen molar-refractivity contribution >= 4 is 39.4 Å². The standard InChI is InChI=1S/C10H8BrClO/c1-7(12)10(6-13)8-2-4-9(11)5-3-8/h2-6H,1H3/b10-7+. The molecule has 68 valence electrons. The van der Waals surface area contributed by atoms with E-state index in [0.29, 0.717) is 10.6 Å². The predicted molar refractivity (Wildman–Crippen MR) is 58.7 cm³/mol. The lowest BCUT2D eigenvalue weighted by Crippen LogP contribution is -1.86. The Labute approximate surface area is 90.5 Å². The molecular formula is C10H8BrClO. The lowest BCUT2D eigenvalue weighted by atomic mass is 10.1. The first kappa shape index (κ1) is 10.5. The maximum Gasteiger partial charge on any atom is 0.151 e. The Morgan fingerprint density at radius 2 is 1.92 bits per heavy atom. The summed E-state index contributed by atoms with van der Waals surface area (Å²) >= 11 is 9.07. The summed E-state index contributed by atoms with van der Waals surface area (Å²) in [6.45, 7) is 1.70. The summed E-state index contributed by atoms with van der Waals surface area (Å²) in [4.78, 5) is 10.7. The highest BCUT2D eigenvalue weighted by molar-refractivity contribution is 9.10. The SMILES string of the molecule is C/C(Cl)=C(/C=O)c1ccc(Br)cc1. The minimum Gasteiger partial charge on any atom is -0.298 e. The normalized spacial score (nSPS) is 12.2. The van der Waals surface area contributed by atoms with Gasteiger partial charge in [0.2, 0.25) is 0 Å². The molecule has 0 heterocycles. The average molecular weight is 260 g/mol. The maximum absolute atomic E-state index is 10.7. The van der Waals surface area contributed by atoms with Crippen LogP contribution in [-0.2, 0) is 4.79 Å². The Kier molecular flexibility index (Phi) is 3.70. The molecule has 0 amide bonds. The van der Waals surface area contributed by atoms with Crippen molar-refractivity contribution in [2.45, 2.75) is 6.92 Å². The van der Waals surface area contributed by atoms with Gasteiger partial charge in [-0.1, -0.05) is 39.7 Å². The average Bonchev–Trinajstić information content (AvgIpc) is 2.09. The van der Waals surface area contributed by atoms with Gasteiger partial charge < -0.3 is 0 Å². The first-order valence-electron chi connectivity index (χ1n) is 3.72. The third kappa shape index (κ3) is 2.68. The molecule has 0 aliphatic carbocycles. The molecule has 0 aromatic heterocycles. The van der Waals surface area contributed by atoms with Crippen molar-refractivity contribution in [2.24, 2.45) is 0 Å². The van der Waals surface area contributed by atoms with Crippen molar-refractivity contribution in [1.82, 2.24) is 0 Å². The highest BCUT2D eigenvalue weighted by Crippen LogP contribution is 2.20. The van der Waals surface area contributed by atoms with E-state index in [1.807, 2.05) is 24.3 Å². The van der Waals surface area contributed by atoms with Gasteiger partial charge in [0.25, 0.3) is 0 Å². The molecule has 0 saturated heterocycles. The molecule has 0 aliphatic rings. The largest absolute Gasteiger partial charge is 0.298 e. The second kappa shape index (κ2) is 4.58. The zero-order chi connectivity index (χ0) is 9.84. The van der Waals surface area contributed by atoms with Gasteiger partial charge in [-0.3, -0.25) is 4.79 Å². The fraction of sp³-hybridized carbons (Fsp3) is 0.100. The smallest absolute Gasteiger partial charge is 0.151 e. The monoisotopic (exact) mass is 258 g/mol. The second-order valence-corrected chi connectivity index (χ2v) is 4.05. The minimum atomic E-state index is 0.511. The third-order valence-electron chi connectivity index (χ3n) is 1.64. The van der Waals surface area contributed by atoms with Gasteiger partial charge in [-0.15, -0.1) is 0 Å². The summed E-state index contributed by atoms with van der Waals surface area (Å²) in [5, 5.41) is 0.511. The van der Waals surface area contributed by atoms with Crippen LogP contribution in [0.4, 0.5) is 0 Å². The molecule has 3 heteroatoms. The Hall–Kier alpha value is -0.600. The van der Waals surface area contributed by atoms with Gasteiger partial charge >= 0.3 is 0 Å². The molecule has 0 N–H and O–H groups in total. The van der Waals surface area contributed by atoms with Crippen LogP contribution in [0.1, 0.15) is 12.5 Å². The van der Waals surface area contributed by atoms with E-state index in [2.05, 4.69) is 15.9 Å². The van der Waals surface area contributed by atoms with E-state index in [1.165, 1.54) is 0 Å². The number of aldehydes is 1. The fourth-order valence-corrected chi connectivity index (χ4v) is 1.40. The van der Waals surface area contributed by atoms with Crippen LogP contribution in [0.25, 0.3) is 5.57 Å². The van der Waals surface area contributed by atoms with Crippen molar-refractivity contribution in [3.05, 3.63) is 39.3 Å². The van der Waals surface area contributed by atoms with E-state index in [4.69, 9.17) is 11.6 Å². The van der Waals surface area contributed by atoms with Crippen molar-refractivity contribution in [2.75, 3.05) is 0 Å². The van der Waals surface area contributed by atoms with Gasteiger partial charge in [0.05, 0.1) is 0 Å². The zero-order valence-electron chi connectivity index (χ0n) is 7.05. The summed E-state index contributed by atoms with van der Waals surface area (Å²) < 4.78 is 0.980. The lowest BCUT2D eigenvalue weighted by Gasteiger charge is -2.00. The Bertz CT molecular complexity index is 336. The third-order valence-corrected chi connectivity index (χ3v) is 2.38. The van der Waals surface area contributed by atoms with Gasteiger partial charge in [0.15, 0.2) is 6.29 Å². The van der Waals surface area contributed by atoms with E-state index >= 15 is 0 Å². The van der Waals surface area contributed by atoms with Crippen LogP contribution in [0.3, 0.4) is 0 Å². The predicted octanol–water partition coefficient (Wildman–Crippen LogP) is 3.62. The van der Waals surface area contributed by atoms with E-state index in [-0.39, 0.29) is 0 Å². The molecule has 0 aliphatic heterocycles. The molecule has 0 atom stereocenters. The van der Waals surface area contributed by atoms with Gasteiger partial charge in [0, 0.05) is 15.1 Å². The molecule has 0 fully saturated rings. The second-order valence-electron chi connectivity index (χ2n) is 2.57. The molecule has 0 spiro atoms. The van der Waals surface area contributed by atoms with Crippen molar-refractivity contribution < 1.29 is 4.79 Å². The Morgan fingerprint density at radius 3 is 2.31 bits per heavy atom. The molecule has 0 unspecified atom stereocenters. The van der Waals surface area contributed by atoms with Gasteiger partial charge in [-0.05, 0) is 24.6 Å². The topological polar surface area (TPSA) is 17.1 Å². The maximum atomic E-state index is 10.7. The first-order valence-corrected chi connectivity index (χ1v) is 4.89. The van der Waals surface area contributed by atoms with Crippen molar-refractivity contribution in [1.29, 1.82) is 0 Å². The molecule has 1 aromatic rings. The minimum absolute atomic E-state index is 0.511. The molecular weight excluding hydrogens is 251 g/mol. The number of hydrogen-bond donors (Lipinski definition) is 0. The molecule has 1 rings (SSSR count). The first-order chi connectivity index (χ1) is 6.15. The fourth-order valence-electron chi connectivity index (χ4n) is 0.978. The van der Waals surface area contributed by atoms with Crippen LogP contribution in [0.15, 0.2) is 33.8 Å². The van der Waals surface area contributed by atoms with Gasteiger partial charge in [-0.2, -0.15) is 0 Å². The van der Waals surface area contributed by atoms with E-state index < -0.39 is 0 Å². The summed E-state index contributed by atoms with van der Waals surface area (Å²) in [5.74, 6) is 0. The summed E-state index contributed by atoms with van der Waals surface area (Å²) in [6, 6.07) is 7.44. The number of halogens is 2. The Balaban J connectivity index is 3.15. The quantitative estimate of drug-likeness (QED) is 0.586. The highest BCUT2D eigenvalue weighted by Gasteiger charge is 2.02. The van der Waals surface area contributed by atoms with Crippen LogP contribution in [-0.4, -0.2) is 6.29 Å². The Morgan fingerprint density at radius 1 is 1.38 bits per heavy atom. The summed E-state index contributed by atoms with van der Waals surface area (Å²) in [6.07, 6.45) is 0.769. The van der Waals surface area contributed by atoms with Crippen LogP contribution in [0, 0.1) is 0 Å². The highest BCUT2D eigenvalue weighted by atomic mass is 79.9. The number of benzene rings is 1. The van der Waals surface area contributed by atoms with Crippen LogP contribution in [0.2, 0.25) is 0 Å². The number of carbonyl (C=O) groups excluding carboxylic acids is 1. The number of rotatable bonds is 2. The van der Waals surface area contributed by atoms with Crippen LogP contribution in [0.5, 0.6) is 0 Å². The molecule has 0 radical (unpaired) electrons. The molecule has 1 aromatic carbocycles. The lowest BCUT2D eigenvalue weighted by molar-refractivity contribution is -0.103. The zero-order valence-corrected chi connectivity index (χ0v) is 9.39. The van der Waals surface area contributed by atoms with Crippen LogP contribution >= 0.6 is 27.5 Å². The molecule has 1 nitrogen and oxygen atoms in total. The van der Waals surface area contributed by atoms with Gasteiger partial charge in [-0.25, -0.2) is 0 Å². The molecule has 13 heavy (non-hydrogen) atoms. The number of carbonyl (C=O) groups is 1. The summed E-state index contributed by atoms with van der Waals surface area (Å²) in [7, 11) is 0.